The maximum Gasteiger partial charge on any atom is 0.418 e. The SMILES string of the molecule is COc1ccc2ccc(O[C@H](C)C(=O)Nc3ccccc3C(F)(F)F)cc2c1. The third-order valence-corrected chi connectivity index (χ3v) is 4.19. The smallest absolute Gasteiger partial charge is 0.418 e. The van der Waals surface area contributed by atoms with Gasteiger partial charge in [-0.15, -0.1) is 0 Å². The van der Waals surface area contributed by atoms with Crippen LogP contribution in [0, 0.1) is 0 Å². The lowest BCUT2D eigenvalue weighted by molar-refractivity contribution is -0.137. The van der Waals surface area contributed by atoms with Crippen LogP contribution in [0.4, 0.5) is 18.9 Å². The van der Waals surface area contributed by atoms with Gasteiger partial charge < -0.3 is 14.8 Å². The second kappa shape index (κ2) is 7.80. The van der Waals surface area contributed by atoms with Crippen LogP contribution >= 0.6 is 0 Å². The number of rotatable bonds is 5. The van der Waals surface area contributed by atoms with E-state index in [9.17, 15) is 18.0 Å². The summed E-state index contributed by atoms with van der Waals surface area (Å²) in [5, 5.41) is 4.10. The Kier molecular flexibility index (Phi) is 5.44. The van der Waals surface area contributed by atoms with Gasteiger partial charge in [0.25, 0.3) is 5.91 Å². The van der Waals surface area contributed by atoms with Crippen LogP contribution in [0.2, 0.25) is 0 Å². The average molecular weight is 389 g/mol. The molecule has 1 atom stereocenters. The van der Waals surface area contributed by atoms with Gasteiger partial charge in [0, 0.05) is 0 Å². The maximum atomic E-state index is 13.1. The van der Waals surface area contributed by atoms with Crippen molar-refractivity contribution in [3.05, 3.63) is 66.2 Å². The number of ether oxygens (including phenoxy) is 2. The lowest BCUT2D eigenvalue weighted by Crippen LogP contribution is -2.31. The first kappa shape index (κ1) is 19.5. The number of hydrogen-bond acceptors (Lipinski definition) is 3. The van der Waals surface area contributed by atoms with Crippen molar-refractivity contribution in [1.29, 1.82) is 0 Å². The molecule has 146 valence electrons. The fourth-order valence-corrected chi connectivity index (χ4v) is 2.73. The summed E-state index contributed by atoms with van der Waals surface area (Å²) in [6, 6.07) is 15.6. The summed E-state index contributed by atoms with van der Waals surface area (Å²) in [6.45, 7) is 1.47. The molecule has 3 aromatic rings. The van der Waals surface area contributed by atoms with Gasteiger partial charge in [0.1, 0.15) is 11.5 Å². The molecule has 0 bridgehead atoms. The number of nitrogens with one attached hydrogen (secondary N) is 1. The molecule has 0 heterocycles. The normalized spacial score (nSPS) is 12.5. The number of carbonyl (C=O) groups is 1. The number of carbonyl (C=O) groups excluding carboxylic acids is 1. The van der Waals surface area contributed by atoms with Crippen LogP contribution in [0.3, 0.4) is 0 Å². The zero-order valence-electron chi connectivity index (χ0n) is 15.2. The van der Waals surface area contributed by atoms with Crippen LogP contribution in [0.15, 0.2) is 60.7 Å². The minimum absolute atomic E-state index is 0.307. The topological polar surface area (TPSA) is 47.6 Å². The van der Waals surface area contributed by atoms with E-state index in [-0.39, 0.29) is 5.69 Å². The standard InChI is InChI=1S/C21H18F3NO3/c1-13(20(26)25-19-6-4-3-5-18(19)21(22,23)24)28-17-10-8-14-7-9-16(27-2)11-15(14)12-17/h3-13H,1-2H3,(H,25,26)/t13-/m1/s1. The van der Waals surface area contributed by atoms with E-state index in [4.69, 9.17) is 9.47 Å². The van der Waals surface area contributed by atoms with E-state index >= 15 is 0 Å². The van der Waals surface area contributed by atoms with E-state index in [1.54, 1.807) is 19.2 Å². The van der Waals surface area contributed by atoms with Crippen molar-refractivity contribution in [2.45, 2.75) is 19.2 Å². The molecular weight excluding hydrogens is 371 g/mol. The van der Waals surface area contributed by atoms with Crippen molar-refractivity contribution in [1.82, 2.24) is 0 Å². The molecule has 3 aromatic carbocycles. The molecule has 0 saturated carbocycles. The van der Waals surface area contributed by atoms with E-state index in [0.717, 1.165) is 16.8 Å². The lowest BCUT2D eigenvalue weighted by Gasteiger charge is -2.17. The van der Waals surface area contributed by atoms with Crippen LogP contribution in [-0.2, 0) is 11.0 Å². The zero-order valence-corrected chi connectivity index (χ0v) is 15.2. The van der Waals surface area contributed by atoms with Gasteiger partial charge in [-0.25, -0.2) is 0 Å². The quantitative estimate of drug-likeness (QED) is 0.646. The van der Waals surface area contributed by atoms with Gasteiger partial charge >= 0.3 is 6.18 Å². The lowest BCUT2D eigenvalue weighted by atomic mass is 10.1. The minimum Gasteiger partial charge on any atom is -0.497 e. The second-order valence-electron chi connectivity index (χ2n) is 6.17. The molecule has 0 unspecified atom stereocenters. The number of anilines is 1. The van der Waals surface area contributed by atoms with Gasteiger partial charge in [-0.2, -0.15) is 13.2 Å². The Morgan fingerprint density at radius 2 is 1.61 bits per heavy atom. The number of amides is 1. The number of fused-ring (bicyclic) bond motifs is 1. The molecule has 0 aromatic heterocycles. The average Bonchev–Trinajstić information content (AvgIpc) is 2.66. The van der Waals surface area contributed by atoms with Gasteiger partial charge in [0.05, 0.1) is 18.4 Å². The van der Waals surface area contributed by atoms with Gasteiger partial charge in [-0.3, -0.25) is 4.79 Å². The molecule has 0 aliphatic rings. The van der Waals surface area contributed by atoms with Crippen LogP contribution in [0.1, 0.15) is 12.5 Å². The molecule has 28 heavy (non-hydrogen) atoms. The van der Waals surface area contributed by atoms with Crippen molar-refractivity contribution in [2.75, 3.05) is 12.4 Å². The third-order valence-electron chi connectivity index (χ3n) is 4.19. The highest BCUT2D eigenvalue weighted by atomic mass is 19.4. The van der Waals surface area contributed by atoms with Crippen LogP contribution in [-0.4, -0.2) is 19.1 Å². The zero-order chi connectivity index (χ0) is 20.3. The predicted molar refractivity (Wildman–Crippen MR) is 101 cm³/mol. The first-order valence-electron chi connectivity index (χ1n) is 8.49. The summed E-state index contributed by atoms with van der Waals surface area (Å²) in [7, 11) is 1.56. The third kappa shape index (κ3) is 4.36. The summed E-state index contributed by atoms with van der Waals surface area (Å²) in [4.78, 5) is 12.3. The first-order chi connectivity index (χ1) is 13.3. The number of hydrogen-bond donors (Lipinski definition) is 1. The number of benzene rings is 3. The van der Waals surface area contributed by atoms with Gasteiger partial charge in [0.15, 0.2) is 6.10 Å². The van der Waals surface area contributed by atoms with E-state index in [0.29, 0.717) is 11.5 Å². The van der Waals surface area contributed by atoms with E-state index in [1.807, 2.05) is 24.3 Å². The highest BCUT2D eigenvalue weighted by Gasteiger charge is 2.34. The number of alkyl halides is 3. The van der Waals surface area contributed by atoms with Gasteiger partial charge in [-0.1, -0.05) is 24.3 Å². The fraction of sp³-hybridized carbons (Fsp3) is 0.190. The molecule has 7 heteroatoms. The molecular formula is C21H18F3NO3. The molecule has 1 amide bonds. The van der Waals surface area contributed by atoms with Crippen molar-refractivity contribution in [3.8, 4) is 11.5 Å². The van der Waals surface area contributed by atoms with Crippen molar-refractivity contribution in [3.63, 3.8) is 0 Å². The Morgan fingerprint density at radius 3 is 2.29 bits per heavy atom. The Hall–Kier alpha value is -3.22. The maximum absolute atomic E-state index is 13.1. The molecule has 0 aliphatic carbocycles. The number of methoxy groups -OCH3 is 1. The molecule has 0 spiro atoms. The number of para-hydroxylation sites is 1. The van der Waals surface area contributed by atoms with Crippen LogP contribution < -0.4 is 14.8 Å². The van der Waals surface area contributed by atoms with Gasteiger partial charge in [-0.05, 0) is 54.1 Å². The molecule has 0 aliphatic heterocycles. The Labute approximate surface area is 159 Å². The summed E-state index contributed by atoms with van der Waals surface area (Å²) in [6.07, 6.45) is -5.56. The second-order valence-corrected chi connectivity index (χ2v) is 6.17. The van der Waals surface area contributed by atoms with E-state index in [2.05, 4.69) is 5.32 Å². The Balaban J connectivity index is 1.75. The van der Waals surface area contributed by atoms with Gasteiger partial charge in [0.2, 0.25) is 0 Å². The Bertz CT molecular complexity index is 1000. The minimum atomic E-state index is -4.56. The van der Waals surface area contributed by atoms with E-state index < -0.39 is 23.8 Å². The van der Waals surface area contributed by atoms with Crippen molar-refractivity contribution < 1.29 is 27.4 Å². The van der Waals surface area contributed by atoms with Crippen LogP contribution in [0.5, 0.6) is 11.5 Å². The van der Waals surface area contributed by atoms with Crippen molar-refractivity contribution in [2.24, 2.45) is 0 Å². The molecule has 0 radical (unpaired) electrons. The largest absolute Gasteiger partial charge is 0.497 e. The highest BCUT2D eigenvalue weighted by molar-refractivity contribution is 5.95. The molecule has 4 nitrogen and oxygen atoms in total. The summed E-state index contributed by atoms with van der Waals surface area (Å²) >= 11 is 0. The Morgan fingerprint density at radius 1 is 0.964 bits per heavy atom. The number of halogens is 3. The van der Waals surface area contributed by atoms with Crippen LogP contribution in [0.25, 0.3) is 10.8 Å². The summed E-state index contributed by atoms with van der Waals surface area (Å²) < 4.78 is 50.0. The monoisotopic (exact) mass is 389 g/mol. The fourth-order valence-electron chi connectivity index (χ4n) is 2.73. The first-order valence-corrected chi connectivity index (χ1v) is 8.49. The van der Waals surface area contributed by atoms with Crippen molar-refractivity contribution >= 4 is 22.4 Å². The predicted octanol–water partition coefficient (Wildman–Crippen LogP) is 5.27. The molecule has 1 N–H and O–H groups in total. The highest BCUT2D eigenvalue weighted by Crippen LogP contribution is 2.34. The summed E-state index contributed by atoms with van der Waals surface area (Å²) in [5.41, 5.74) is -1.22. The summed E-state index contributed by atoms with van der Waals surface area (Å²) in [5.74, 6) is 0.425. The molecule has 0 saturated heterocycles. The van der Waals surface area contributed by atoms with E-state index in [1.165, 1.54) is 25.1 Å². The molecule has 3 rings (SSSR count). The molecule has 0 fully saturated rings.